The molecule has 1 N–H and O–H groups in total. The third kappa shape index (κ3) is 3.80. The second-order valence-corrected chi connectivity index (χ2v) is 7.45. The Labute approximate surface area is 146 Å². The van der Waals surface area contributed by atoms with E-state index in [0.717, 1.165) is 17.4 Å². The fourth-order valence-electron chi connectivity index (χ4n) is 2.01. The van der Waals surface area contributed by atoms with Gasteiger partial charge in [-0.25, -0.2) is 17.8 Å². The molecular formula is C15H10FN3O4S2. The lowest BCUT2D eigenvalue weighted by Crippen LogP contribution is -2.13. The van der Waals surface area contributed by atoms with Gasteiger partial charge in [-0.1, -0.05) is 6.07 Å². The minimum atomic E-state index is -4.01. The zero-order valence-electron chi connectivity index (χ0n) is 12.4. The molecule has 0 atom stereocenters. The molecule has 1 heterocycles. The second-order valence-electron chi connectivity index (χ2n) is 4.90. The molecule has 0 amide bonds. The van der Waals surface area contributed by atoms with Gasteiger partial charge in [-0.2, -0.15) is 0 Å². The molecule has 0 bridgehead atoms. The van der Waals surface area contributed by atoms with Gasteiger partial charge in [0, 0.05) is 23.1 Å². The first-order valence-corrected chi connectivity index (χ1v) is 9.20. The average molecular weight is 379 g/mol. The minimum Gasteiger partial charge on any atom is -0.258 e. The zero-order chi connectivity index (χ0) is 18.0. The van der Waals surface area contributed by atoms with Crippen molar-refractivity contribution in [1.82, 2.24) is 4.98 Å². The summed E-state index contributed by atoms with van der Waals surface area (Å²) in [6, 6.07) is 10.3. The van der Waals surface area contributed by atoms with Crippen LogP contribution in [0.3, 0.4) is 0 Å². The van der Waals surface area contributed by atoms with Gasteiger partial charge in [-0.3, -0.25) is 14.8 Å². The smallest absolute Gasteiger partial charge is 0.258 e. The maximum absolute atomic E-state index is 12.9. The first-order valence-electron chi connectivity index (χ1n) is 6.84. The van der Waals surface area contributed by atoms with Crippen molar-refractivity contribution in [3.05, 3.63) is 69.8 Å². The third-order valence-electron chi connectivity index (χ3n) is 3.20. The van der Waals surface area contributed by atoms with E-state index < -0.39 is 14.9 Å². The summed E-state index contributed by atoms with van der Waals surface area (Å²) in [4.78, 5) is 14.0. The summed E-state index contributed by atoms with van der Waals surface area (Å²) in [6.07, 6.45) is 0. The summed E-state index contributed by atoms with van der Waals surface area (Å²) in [5.74, 6) is -0.384. The number of sulfonamides is 1. The van der Waals surface area contributed by atoms with E-state index >= 15 is 0 Å². The normalized spacial score (nSPS) is 11.2. The van der Waals surface area contributed by atoms with E-state index in [1.807, 2.05) is 0 Å². The molecule has 0 fully saturated rings. The van der Waals surface area contributed by atoms with Crippen molar-refractivity contribution in [3.63, 3.8) is 0 Å². The number of hydrogen-bond donors (Lipinski definition) is 1. The number of halogens is 1. The number of nitro groups is 1. The van der Waals surface area contributed by atoms with Crippen LogP contribution in [0.15, 0.2) is 58.8 Å². The fourth-order valence-corrected chi connectivity index (χ4v) is 4.02. The number of nitrogens with zero attached hydrogens (tertiary/aromatic N) is 2. The van der Waals surface area contributed by atoms with Gasteiger partial charge in [0.05, 0.1) is 15.5 Å². The number of anilines is 1. The van der Waals surface area contributed by atoms with Crippen molar-refractivity contribution < 1.29 is 17.7 Å². The van der Waals surface area contributed by atoms with Crippen LogP contribution < -0.4 is 4.72 Å². The molecule has 2 aromatic carbocycles. The summed E-state index contributed by atoms with van der Waals surface area (Å²) >= 11 is 1.05. The van der Waals surface area contributed by atoms with Crippen LogP contribution in [0.2, 0.25) is 0 Å². The molecule has 0 saturated carbocycles. The highest BCUT2D eigenvalue weighted by atomic mass is 32.2. The van der Waals surface area contributed by atoms with E-state index in [1.54, 1.807) is 5.38 Å². The molecule has 128 valence electrons. The monoisotopic (exact) mass is 379 g/mol. The Balaban J connectivity index is 1.85. The molecule has 0 radical (unpaired) electrons. The molecule has 7 nitrogen and oxygen atoms in total. The predicted octanol–water partition coefficient (Wildman–Crippen LogP) is 3.66. The standard InChI is InChI=1S/C15H10FN3O4S2/c16-11-6-4-10(5-7-11)14-9-24-15(17-14)18-25(22,23)13-3-1-2-12(8-13)19(20)21/h1-9H,(H,17,18). The van der Waals surface area contributed by atoms with Gasteiger partial charge in [-0.15, -0.1) is 11.3 Å². The van der Waals surface area contributed by atoms with Crippen molar-refractivity contribution in [1.29, 1.82) is 0 Å². The second kappa shape index (κ2) is 6.57. The van der Waals surface area contributed by atoms with Crippen LogP contribution in [0.4, 0.5) is 15.2 Å². The first-order chi connectivity index (χ1) is 11.8. The lowest BCUT2D eigenvalue weighted by atomic mass is 10.2. The van der Waals surface area contributed by atoms with Gasteiger partial charge in [-0.05, 0) is 30.3 Å². The first kappa shape index (κ1) is 17.0. The number of non-ortho nitro benzene ring substituents is 1. The van der Waals surface area contributed by atoms with E-state index in [0.29, 0.717) is 11.3 Å². The van der Waals surface area contributed by atoms with Gasteiger partial charge in [0.1, 0.15) is 5.82 Å². The number of benzene rings is 2. The van der Waals surface area contributed by atoms with E-state index in [9.17, 15) is 22.9 Å². The Morgan fingerprint density at radius 1 is 1.16 bits per heavy atom. The molecule has 0 aliphatic heterocycles. The molecule has 3 aromatic rings. The summed E-state index contributed by atoms with van der Waals surface area (Å²) < 4.78 is 39.9. The van der Waals surface area contributed by atoms with Crippen LogP contribution in [-0.4, -0.2) is 18.3 Å². The van der Waals surface area contributed by atoms with Crippen molar-refractivity contribution in [2.24, 2.45) is 0 Å². The highest BCUT2D eigenvalue weighted by molar-refractivity contribution is 7.93. The Kier molecular flexibility index (Phi) is 4.47. The Hall–Kier alpha value is -2.85. The fraction of sp³-hybridized carbons (Fsp3) is 0. The van der Waals surface area contributed by atoms with E-state index in [1.165, 1.54) is 42.5 Å². The summed E-state index contributed by atoms with van der Waals surface area (Å²) in [7, 11) is -4.01. The van der Waals surface area contributed by atoms with Crippen LogP contribution in [0.25, 0.3) is 11.3 Å². The summed E-state index contributed by atoms with van der Waals surface area (Å²) in [5, 5.41) is 12.5. The maximum Gasteiger partial charge on any atom is 0.270 e. The molecule has 0 saturated heterocycles. The van der Waals surface area contributed by atoms with Crippen molar-refractivity contribution >= 4 is 32.2 Å². The molecule has 10 heteroatoms. The summed E-state index contributed by atoms with van der Waals surface area (Å²) in [6.45, 7) is 0. The van der Waals surface area contributed by atoms with E-state index in [-0.39, 0.29) is 21.5 Å². The van der Waals surface area contributed by atoms with Crippen molar-refractivity contribution in [2.75, 3.05) is 4.72 Å². The van der Waals surface area contributed by atoms with Gasteiger partial charge in [0.2, 0.25) is 0 Å². The van der Waals surface area contributed by atoms with E-state index in [2.05, 4.69) is 9.71 Å². The third-order valence-corrected chi connectivity index (χ3v) is 5.43. The molecule has 1 aromatic heterocycles. The van der Waals surface area contributed by atoms with Crippen LogP contribution in [-0.2, 0) is 10.0 Å². The molecule has 3 rings (SSSR count). The Morgan fingerprint density at radius 3 is 2.56 bits per heavy atom. The van der Waals surface area contributed by atoms with Gasteiger partial charge in [0.15, 0.2) is 5.13 Å². The van der Waals surface area contributed by atoms with Gasteiger partial charge >= 0.3 is 0 Å². The van der Waals surface area contributed by atoms with Crippen LogP contribution in [0.1, 0.15) is 0 Å². The maximum atomic E-state index is 12.9. The van der Waals surface area contributed by atoms with E-state index in [4.69, 9.17) is 0 Å². The molecule has 0 aliphatic carbocycles. The zero-order valence-corrected chi connectivity index (χ0v) is 14.1. The number of hydrogen-bond acceptors (Lipinski definition) is 6. The van der Waals surface area contributed by atoms with Crippen LogP contribution in [0, 0.1) is 15.9 Å². The number of rotatable bonds is 5. The Bertz CT molecular complexity index is 1030. The predicted molar refractivity (Wildman–Crippen MR) is 91.4 cm³/mol. The minimum absolute atomic E-state index is 0.103. The van der Waals surface area contributed by atoms with Crippen molar-refractivity contribution in [3.8, 4) is 11.3 Å². The highest BCUT2D eigenvalue weighted by Gasteiger charge is 2.19. The lowest BCUT2D eigenvalue weighted by molar-refractivity contribution is -0.385. The summed E-state index contributed by atoms with van der Waals surface area (Å²) in [5.41, 5.74) is 0.800. The average Bonchev–Trinajstić information content (AvgIpc) is 3.03. The molecular weight excluding hydrogens is 369 g/mol. The SMILES string of the molecule is O=[N+]([O-])c1cccc(S(=O)(=O)Nc2nc(-c3ccc(F)cc3)cs2)c1. The number of nitro benzene ring substituents is 1. The number of nitrogens with one attached hydrogen (secondary N) is 1. The van der Waals surface area contributed by atoms with Gasteiger partial charge in [0.25, 0.3) is 15.7 Å². The quantitative estimate of drug-likeness (QED) is 0.538. The molecule has 25 heavy (non-hydrogen) atoms. The van der Waals surface area contributed by atoms with Gasteiger partial charge < -0.3 is 0 Å². The largest absolute Gasteiger partial charge is 0.270 e. The van der Waals surface area contributed by atoms with Crippen LogP contribution in [0.5, 0.6) is 0 Å². The molecule has 0 spiro atoms. The van der Waals surface area contributed by atoms with Crippen LogP contribution >= 0.6 is 11.3 Å². The number of thiazole rings is 1. The Morgan fingerprint density at radius 2 is 1.88 bits per heavy atom. The van der Waals surface area contributed by atoms with Crippen molar-refractivity contribution in [2.45, 2.75) is 4.90 Å². The number of aromatic nitrogens is 1. The topological polar surface area (TPSA) is 102 Å². The molecule has 0 aliphatic rings. The lowest BCUT2D eigenvalue weighted by Gasteiger charge is -2.04. The molecule has 0 unspecified atom stereocenters. The highest BCUT2D eigenvalue weighted by Crippen LogP contribution is 2.27.